The summed E-state index contributed by atoms with van der Waals surface area (Å²) in [6.07, 6.45) is 0.240. The van der Waals surface area contributed by atoms with Crippen molar-refractivity contribution in [3.8, 4) is 0 Å². The molecule has 4 N–H and O–H groups in total. The minimum atomic E-state index is -0.801. The highest BCUT2D eigenvalue weighted by atomic mass is 16.5. The van der Waals surface area contributed by atoms with E-state index in [9.17, 15) is 9.59 Å². The third-order valence-corrected chi connectivity index (χ3v) is 3.38. The van der Waals surface area contributed by atoms with Gasteiger partial charge in [0.25, 0.3) is 0 Å². The van der Waals surface area contributed by atoms with Gasteiger partial charge in [0.2, 0.25) is 0 Å². The SMILES string of the molecule is COC(=O)C(N)Cc1ccccc1C(=O)c1ccc(N)cc1. The molecule has 0 aliphatic rings. The smallest absolute Gasteiger partial charge is 0.322 e. The number of esters is 1. The summed E-state index contributed by atoms with van der Waals surface area (Å²) in [5.41, 5.74) is 13.8. The molecule has 1 unspecified atom stereocenters. The Morgan fingerprint density at radius 2 is 1.73 bits per heavy atom. The van der Waals surface area contributed by atoms with Crippen molar-refractivity contribution in [3.63, 3.8) is 0 Å². The predicted molar refractivity (Wildman–Crippen MR) is 84.4 cm³/mol. The van der Waals surface area contributed by atoms with Gasteiger partial charge >= 0.3 is 5.97 Å². The molecule has 5 heteroatoms. The Bertz CT molecular complexity index is 681. The molecule has 0 fully saturated rings. The molecule has 2 rings (SSSR count). The lowest BCUT2D eigenvalue weighted by Gasteiger charge is -2.12. The summed E-state index contributed by atoms with van der Waals surface area (Å²) < 4.78 is 4.62. The molecule has 0 spiro atoms. The van der Waals surface area contributed by atoms with Crippen LogP contribution in [0.1, 0.15) is 21.5 Å². The summed E-state index contributed by atoms with van der Waals surface area (Å²) in [5, 5.41) is 0. The number of carbonyl (C=O) groups is 2. The van der Waals surface area contributed by atoms with Crippen molar-refractivity contribution in [3.05, 3.63) is 65.2 Å². The molecule has 0 aromatic heterocycles. The lowest BCUT2D eigenvalue weighted by Crippen LogP contribution is -2.34. The van der Waals surface area contributed by atoms with Crippen LogP contribution in [0.4, 0.5) is 5.69 Å². The molecular formula is C17H18N2O3. The van der Waals surface area contributed by atoms with E-state index in [0.29, 0.717) is 22.4 Å². The minimum Gasteiger partial charge on any atom is -0.468 e. The molecule has 0 saturated carbocycles. The summed E-state index contributed by atoms with van der Waals surface area (Å²) >= 11 is 0. The van der Waals surface area contributed by atoms with Gasteiger partial charge in [0.15, 0.2) is 5.78 Å². The van der Waals surface area contributed by atoms with Gasteiger partial charge in [-0.05, 0) is 36.2 Å². The number of carbonyl (C=O) groups excluding carboxylic acids is 2. The van der Waals surface area contributed by atoms with Crippen LogP contribution in [0.25, 0.3) is 0 Å². The summed E-state index contributed by atoms with van der Waals surface area (Å²) in [5.74, 6) is -0.637. The van der Waals surface area contributed by atoms with Crippen LogP contribution in [0, 0.1) is 0 Å². The Kier molecular flexibility index (Phi) is 4.91. The van der Waals surface area contributed by atoms with E-state index >= 15 is 0 Å². The van der Waals surface area contributed by atoms with Crippen molar-refractivity contribution in [1.82, 2.24) is 0 Å². The molecule has 0 heterocycles. The van der Waals surface area contributed by atoms with Crippen LogP contribution >= 0.6 is 0 Å². The minimum absolute atomic E-state index is 0.132. The van der Waals surface area contributed by atoms with E-state index in [1.54, 1.807) is 48.5 Å². The highest BCUT2D eigenvalue weighted by Gasteiger charge is 2.19. The number of hydrogen-bond acceptors (Lipinski definition) is 5. The number of methoxy groups -OCH3 is 1. The molecule has 0 radical (unpaired) electrons. The number of rotatable bonds is 5. The van der Waals surface area contributed by atoms with Crippen LogP contribution in [-0.2, 0) is 16.0 Å². The Balaban J connectivity index is 2.29. The number of nitrogens with two attached hydrogens (primary N) is 2. The van der Waals surface area contributed by atoms with Gasteiger partial charge in [-0.15, -0.1) is 0 Å². The molecule has 0 bridgehead atoms. The predicted octanol–water partition coefficient (Wildman–Crippen LogP) is 1.54. The number of anilines is 1. The van der Waals surface area contributed by atoms with E-state index in [1.165, 1.54) is 7.11 Å². The average Bonchev–Trinajstić information content (AvgIpc) is 2.54. The van der Waals surface area contributed by atoms with E-state index < -0.39 is 12.0 Å². The summed E-state index contributed by atoms with van der Waals surface area (Å²) in [4.78, 5) is 24.1. The van der Waals surface area contributed by atoms with Crippen LogP contribution < -0.4 is 11.5 Å². The molecule has 0 amide bonds. The van der Waals surface area contributed by atoms with Crippen molar-refractivity contribution >= 4 is 17.4 Å². The van der Waals surface area contributed by atoms with Gasteiger partial charge in [0.1, 0.15) is 6.04 Å². The normalized spacial score (nSPS) is 11.7. The van der Waals surface area contributed by atoms with E-state index in [2.05, 4.69) is 4.74 Å². The molecule has 114 valence electrons. The maximum atomic E-state index is 12.6. The Hall–Kier alpha value is -2.66. The summed E-state index contributed by atoms with van der Waals surface area (Å²) in [7, 11) is 1.29. The van der Waals surface area contributed by atoms with Crippen LogP contribution in [0.15, 0.2) is 48.5 Å². The van der Waals surface area contributed by atoms with Gasteiger partial charge in [-0.2, -0.15) is 0 Å². The second-order valence-corrected chi connectivity index (χ2v) is 4.94. The fourth-order valence-corrected chi connectivity index (χ4v) is 2.18. The first-order chi connectivity index (χ1) is 10.5. The topological polar surface area (TPSA) is 95.4 Å². The van der Waals surface area contributed by atoms with Gasteiger partial charge < -0.3 is 16.2 Å². The molecule has 1 atom stereocenters. The highest BCUT2D eigenvalue weighted by molar-refractivity contribution is 6.10. The van der Waals surface area contributed by atoms with Crippen LogP contribution in [0.3, 0.4) is 0 Å². The quantitative estimate of drug-likeness (QED) is 0.496. The first-order valence-corrected chi connectivity index (χ1v) is 6.84. The zero-order valence-corrected chi connectivity index (χ0v) is 12.3. The van der Waals surface area contributed by atoms with Crippen LogP contribution in [-0.4, -0.2) is 24.9 Å². The second kappa shape index (κ2) is 6.87. The van der Waals surface area contributed by atoms with Crippen LogP contribution in [0.2, 0.25) is 0 Å². The molecule has 22 heavy (non-hydrogen) atoms. The first-order valence-electron chi connectivity index (χ1n) is 6.84. The number of ketones is 1. The Morgan fingerprint density at radius 3 is 2.36 bits per heavy atom. The molecule has 0 saturated heterocycles. The standard InChI is InChI=1S/C17H18N2O3/c1-22-17(21)15(19)10-12-4-2-3-5-14(12)16(20)11-6-8-13(18)9-7-11/h2-9,15H,10,18-19H2,1H3. The number of benzene rings is 2. The zero-order chi connectivity index (χ0) is 16.1. The van der Waals surface area contributed by atoms with Crippen molar-refractivity contribution in [2.45, 2.75) is 12.5 Å². The van der Waals surface area contributed by atoms with Crippen molar-refractivity contribution < 1.29 is 14.3 Å². The van der Waals surface area contributed by atoms with Crippen molar-refractivity contribution in [1.29, 1.82) is 0 Å². The second-order valence-electron chi connectivity index (χ2n) is 4.94. The van der Waals surface area contributed by atoms with E-state index in [0.717, 1.165) is 0 Å². The van der Waals surface area contributed by atoms with E-state index in [1.807, 2.05) is 0 Å². The Morgan fingerprint density at radius 1 is 1.09 bits per heavy atom. The number of hydrogen-bond donors (Lipinski definition) is 2. The van der Waals surface area contributed by atoms with E-state index in [4.69, 9.17) is 11.5 Å². The maximum absolute atomic E-state index is 12.6. The lowest BCUT2D eigenvalue weighted by atomic mass is 9.94. The molecule has 2 aromatic carbocycles. The zero-order valence-electron chi connectivity index (χ0n) is 12.3. The van der Waals surface area contributed by atoms with Crippen molar-refractivity contribution in [2.24, 2.45) is 5.73 Å². The fraction of sp³-hybridized carbons (Fsp3) is 0.176. The van der Waals surface area contributed by atoms with Crippen molar-refractivity contribution in [2.75, 3.05) is 12.8 Å². The van der Waals surface area contributed by atoms with Gasteiger partial charge in [0, 0.05) is 16.8 Å². The van der Waals surface area contributed by atoms with Gasteiger partial charge in [-0.25, -0.2) is 0 Å². The van der Waals surface area contributed by atoms with E-state index in [-0.39, 0.29) is 12.2 Å². The van der Waals surface area contributed by atoms with Gasteiger partial charge in [-0.3, -0.25) is 9.59 Å². The monoisotopic (exact) mass is 298 g/mol. The summed E-state index contributed by atoms with van der Waals surface area (Å²) in [6, 6.07) is 13.0. The third-order valence-electron chi connectivity index (χ3n) is 3.38. The molecule has 5 nitrogen and oxygen atoms in total. The molecule has 0 aliphatic carbocycles. The average molecular weight is 298 g/mol. The van der Waals surface area contributed by atoms with Gasteiger partial charge in [0.05, 0.1) is 7.11 Å². The number of nitrogen functional groups attached to an aromatic ring is 1. The van der Waals surface area contributed by atoms with Gasteiger partial charge in [-0.1, -0.05) is 24.3 Å². The van der Waals surface area contributed by atoms with Crippen LogP contribution in [0.5, 0.6) is 0 Å². The lowest BCUT2D eigenvalue weighted by molar-refractivity contribution is -0.142. The molecule has 2 aromatic rings. The Labute approximate surface area is 128 Å². The highest BCUT2D eigenvalue weighted by Crippen LogP contribution is 2.17. The molecular weight excluding hydrogens is 280 g/mol. The largest absolute Gasteiger partial charge is 0.468 e. The first kappa shape index (κ1) is 15.7. The number of ether oxygens (including phenoxy) is 1. The fourth-order valence-electron chi connectivity index (χ4n) is 2.18. The third kappa shape index (κ3) is 3.51. The maximum Gasteiger partial charge on any atom is 0.322 e. The summed E-state index contributed by atoms with van der Waals surface area (Å²) in [6.45, 7) is 0. The molecule has 0 aliphatic heterocycles.